The molecule has 0 aliphatic rings. The number of carboxylic acid groups (broad SMARTS) is 1. The fourth-order valence-electron chi connectivity index (χ4n) is 5.91. The zero-order chi connectivity index (χ0) is 42.1. The number of carbonyl (C=O) groups excluding carboxylic acids is 2. The third-order valence-corrected chi connectivity index (χ3v) is 10.3. The predicted molar refractivity (Wildman–Crippen MR) is 231 cm³/mol. The summed E-state index contributed by atoms with van der Waals surface area (Å²) in [6.45, 7) is 2.46. The molecule has 3 atom stereocenters. The highest BCUT2D eigenvalue weighted by atomic mass is 31.2. The summed E-state index contributed by atoms with van der Waals surface area (Å²) >= 11 is 0. The zero-order valence-corrected chi connectivity index (χ0v) is 36.5. The number of carbonyl (C=O) groups is 3. The number of rotatable bonds is 41. The maximum absolute atomic E-state index is 12.3. The molecule has 0 fully saturated rings. The number of aliphatic hydroxyl groups is 1. The van der Waals surface area contributed by atoms with E-state index < -0.39 is 57.6 Å². The first-order valence-electron chi connectivity index (χ1n) is 22.2. The Balaban J connectivity index is 3.92. The lowest BCUT2D eigenvalue weighted by atomic mass is 10.1. The molecule has 0 spiro atoms. The number of unbranched alkanes of at least 4 members (excludes halogenated alkanes) is 19. The fourth-order valence-corrected chi connectivity index (χ4v) is 6.68. The standard InChI is InChI=1S/C45H80NO10P/c1-3-5-7-9-11-13-15-17-19-21-22-24-26-28-30-32-34-36-43(48)46-42(45(50)51)40-56-57(52,53)55-39-41(47)38-54-44(49)37-35-33-31-29-27-25-23-20-18-16-14-12-10-8-6-4-2/h5,7,11,13,17,19-20,23,41-42,47H,3-4,6,8-10,12,14-16,18,21-22,24-40H2,1-2H3,(H,46,48)(H,50,51)(H,52,53)/b7-5-,13-11-,19-17-,23-20-. The van der Waals surface area contributed by atoms with Crippen LogP contribution in [-0.2, 0) is 32.7 Å². The fraction of sp³-hybridized carbons (Fsp3) is 0.756. The summed E-state index contributed by atoms with van der Waals surface area (Å²) in [6.07, 6.45) is 44.1. The molecule has 0 aromatic rings. The van der Waals surface area contributed by atoms with Gasteiger partial charge in [0.2, 0.25) is 5.91 Å². The van der Waals surface area contributed by atoms with E-state index in [2.05, 4.69) is 67.8 Å². The van der Waals surface area contributed by atoms with Crippen LogP contribution in [-0.4, -0.2) is 64.9 Å². The van der Waals surface area contributed by atoms with Crippen molar-refractivity contribution in [3.8, 4) is 0 Å². The Hall–Kier alpha value is -2.56. The monoisotopic (exact) mass is 826 g/mol. The van der Waals surface area contributed by atoms with Crippen LogP contribution < -0.4 is 5.32 Å². The molecule has 3 unspecified atom stereocenters. The molecule has 0 aromatic heterocycles. The minimum atomic E-state index is -4.76. The van der Waals surface area contributed by atoms with E-state index in [0.29, 0.717) is 12.8 Å². The SMILES string of the molecule is CC/C=C\C/C=C\C/C=C\CCCCCCCCCC(=O)NC(COP(=O)(O)OCC(O)COC(=O)CCCCCCC/C=C\CCCCCCCCC)C(=O)O. The van der Waals surface area contributed by atoms with Gasteiger partial charge < -0.3 is 25.2 Å². The molecule has 0 rings (SSSR count). The molecular formula is C45H80NO10P. The zero-order valence-electron chi connectivity index (χ0n) is 35.6. The smallest absolute Gasteiger partial charge is 0.472 e. The van der Waals surface area contributed by atoms with E-state index in [-0.39, 0.29) is 12.8 Å². The summed E-state index contributed by atoms with van der Waals surface area (Å²) in [5.74, 6) is -2.40. The van der Waals surface area contributed by atoms with Gasteiger partial charge >= 0.3 is 19.8 Å². The molecule has 11 nitrogen and oxygen atoms in total. The molecule has 330 valence electrons. The van der Waals surface area contributed by atoms with Crippen molar-refractivity contribution in [2.24, 2.45) is 0 Å². The number of amides is 1. The lowest BCUT2D eigenvalue weighted by Gasteiger charge is -2.18. The van der Waals surface area contributed by atoms with Gasteiger partial charge in [0, 0.05) is 12.8 Å². The van der Waals surface area contributed by atoms with E-state index in [1.54, 1.807) is 0 Å². The van der Waals surface area contributed by atoms with E-state index in [0.717, 1.165) is 103 Å². The number of hydrogen-bond donors (Lipinski definition) is 4. The van der Waals surface area contributed by atoms with Crippen molar-refractivity contribution in [2.75, 3.05) is 19.8 Å². The molecule has 0 aromatic carbocycles. The van der Waals surface area contributed by atoms with Crippen molar-refractivity contribution < 1.29 is 47.8 Å². The molecule has 0 heterocycles. The summed E-state index contributed by atoms with van der Waals surface area (Å²) in [5, 5.41) is 21.8. The molecule has 0 saturated heterocycles. The number of carboxylic acids is 1. The summed E-state index contributed by atoms with van der Waals surface area (Å²) in [4.78, 5) is 45.9. The maximum Gasteiger partial charge on any atom is 0.472 e. The van der Waals surface area contributed by atoms with Crippen LogP contribution >= 0.6 is 7.82 Å². The molecule has 4 N–H and O–H groups in total. The first kappa shape index (κ1) is 54.4. The Morgan fingerprint density at radius 2 is 1.02 bits per heavy atom. The minimum absolute atomic E-state index is 0.132. The van der Waals surface area contributed by atoms with Crippen LogP contribution in [0, 0.1) is 0 Å². The van der Waals surface area contributed by atoms with Crippen molar-refractivity contribution in [1.29, 1.82) is 0 Å². The van der Waals surface area contributed by atoms with Gasteiger partial charge in [-0.3, -0.25) is 18.6 Å². The van der Waals surface area contributed by atoms with Crippen molar-refractivity contribution in [3.05, 3.63) is 48.6 Å². The lowest BCUT2D eigenvalue weighted by Crippen LogP contribution is -2.43. The molecule has 12 heteroatoms. The number of phosphoric acid groups is 1. The van der Waals surface area contributed by atoms with Crippen LogP contribution in [0.15, 0.2) is 48.6 Å². The Labute approximate surface area is 345 Å². The number of allylic oxidation sites excluding steroid dienone is 8. The van der Waals surface area contributed by atoms with Crippen LogP contribution in [0.4, 0.5) is 0 Å². The molecule has 0 bridgehead atoms. The second-order valence-corrected chi connectivity index (χ2v) is 16.3. The normalized spacial score (nSPS) is 14.2. The number of aliphatic carboxylic acids is 1. The van der Waals surface area contributed by atoms with Crippen molar-refractivity contribution in [3.63, 3.8) is 0 Å². The van der Waals surface area contributed by atoms with Gasteiger partial charge in [0.1, 0.15) is 12.7 Å². The van der Waals surface area contributed by atoms with Crippen molar-refractivity contribution >= 4 is 25.7 Å². The summed E-state index contributed by atoms with van der Waals surface area (Å²) in [6, 6.07) is -1.55. The Bertz CT molecular complexity index is 1150. The molecule has 57 heavy (non-hydrogen) atoms. The van der Waals surface area contributed by atoms with Gasteiger partial charge in [-0.2, -0.15) is 0 Å². The molecule has 0 saturated carbocycles. The van der Waals surface area contributed by atoms with Gasteiger partial charge in [0.25, 0.3) is 0 Å². The average molecular weight is 826 g/mol. The van der Waals surface area contributed by atoms with E-state index in [4.69, 9.17) is 13.8 Å². The molecule has 0 aliphatic carbocycles. The molecular weight excluding hydrogens is 745 g/mol. The van der Waals surface area contributed by atoms with Gasteiger partial charge in [-0.15, -0.1) is 0 Å². The minimum Gasteiger partial charge on any atom is -0.480 e. The number of aliphatic hydroxyl groups excluding tert-OH is 1. The molecule has 0 aliphatic heterocycles. The van der Waals surface area contributed by atoms with Gasteiger partial charge in [-0.1, -0.05) is 152 Å². The third kappa shape index (κ3) is 40.0. The predicted octanol–water partition coefficient (Wildman–Crippen LogP) is 11.4. The van der Waals surface area contributed by atoms with E-state index in [9.17, 15) is 34.1 Å². The maximum atomic E-state index is 12.3. The summed E-state index contributed by atoms with van der Waals surface area (Å²) in [7, 11) is -4.76. The number of nitrogens with one attached hydrogen (secondary N) is 1. The average Bonchev–Trinajstić information content (AvgIpc) is 3.18. The van der Waals surface area contributed by atoms with Crippen molar-refractivity contribution in [1.82, 2.24) is 5.32 Å². The first-order chi connectivity index (χ1) is 27.6. The summed E-state index contributed by atoms with van der Waals surface area (Å²) in [5.41, 5.74) is 0. The van der Waals surface area contributed by atoms with E-state index in [1.807, 2.05) is 0 Å². The number of phosphoric ester groups is 1. The highest BCUT2D eigenvalue weighted by Crippen LogP contribution is 2.43. The van der Waals surface area contributed by atoms with Gasteiger partial charge in [0.15, 0.2) is 6.04 Å². The third-order valence-electron chi connectivity index (χ3n) is 9.35. The topological polar surface area (TPSA) is 169 Å². The quantitative estimate of drug-likeness (QED) is 0.0201. The number of esters is 1. The first-order valence-corrected chi connectivity index (χ1v) is 23.7. The van der Waals surface area contributed by atoms with Crippen LogP contribution in [0.3, 0.4) is 0 Å². The Morgan fingerprint density at radius 3 is 1.54 bits per heavy atom. The van der Waals surface area contributed by atoms with Crippen molar-refractivity contribution in [2.45, 2.75) is 199 Å². The molecule has 1 amide bonds. The van der Waals surface area contributed by atoms with Crippen LogP contribution in [0.5, 0.6) is 0 Å². The Kier molecular flexibility index (Phi) is 38.4. The highest BCUT2D eigenvalue weighted by molar-refractivity contribution is 7.47. The second kappa shape index (κ2) is 40.2. The lowest BCUT2D eigenvalue weighted by molar-refractivity contribution is -0.147. The molecule has 0 radical (unpaired) electrons. The highest BCUT2D eigenvalue weighted by Gasteiger charge is 2.28. The van der Waals surface area contributed by atoms with Crippen LogP contribution in [0.1, 0.15) is 187 Å². The van der Waals surface area contributed by atoms with E-state index >= 15 is 0 Å². The van der Waals surface area contributed by atoms with Gasteiger partial charge in [-0.25, -0.2) is 9.36 Å². The number of ether oxygens (including phenoxy) is 1. The summed E-state index contributed by atoms with van der Waals surface area (Å²) < 4.78 is 26.8. The second-order valence-electron chi connectivity index (χ2n) is 14.9. The largest absolute Gasteiger partial charge is 0.480 e. The van der Waals surface area contributed by atoms with Crippen LogP contribution in [0.25, 0.3) is 0 Å². The van der Waals surface area contributed by atoms with Crippen LogP contribution in [0.2, 0.25) is 0 Å². The van der Waals surface area contributed by atoms with Gasteiger partial charge in [0.05, 0.1) is 13.2 Å². The Morgan fingerprint density at radius 1 is 0.579 bits per heavy atom. The van der Waals surface area contributed by atoms with Gasteiger partial charge in [-0.05, 0) is 70.6 Å². The number of hydrogen-bond acceptors (Lipinski definition) is 8. The van der Waals surface area contributed by atoms with E-state index in [1.165, 1.54) is 44.9 Å².